The van der Waals surface area contributed by atoms with Crippen LogP contribution in [0.25, 0.3) is 0 Å². The van der Waals surface area contributed by atoms with Gasteiger partial charge in [0.25, 0.3) is 5.69 Å². The summed E-state index contributed by atoms with van der Waals surface area (Å²) in [4.78, 5) is 42.9. The third kappa shape index (κ3) is 8.42. The summed E-state index contributed by atoms with van der Waals surface area (Å²) in [6.07, 6.45) is 13.4. The van der Waals surface area contributed by atoms with Gasteiger partial charge in [-0.3, -0.25) is 19.9 Å². The number of nitro benzene ring substituents is 1. The molecule has 3 aromatic rings. The predicted molar refractivity (Wildman–Crippen MR) is 178 cm³/mol. The number of nitrogens with two attached hydrogens (primary N) is 1. The molecular weight excluding hydrogens is 596 g/mol. The Hall–Kier alpha value is -4.15. The van der Waals surface area contributed by atoms with Crippen LogP contribution < -0.4 is 11.1 Å². The summed E-state index contributed by atoms with van der Waals surface area (Å²) in [5.74, 6) is -1.18. The van der Waals surface area contributed by atoms with Gasteiger partial charge >= 0.3 is 5.97 Å². The van der Waals surface area contributed by atoms with Crippen LogP contribution in [0.4, 0.5) is 5.69 Å². The Bertz CT molecular complexity index is 1490. The lowest BCUT2D eigenvalue weighted by atomic mass is 9.71. The molecule has 3 atom stereocenters. The average Bonchev–Trinajstić information content (AvgIpc) is 3.12. The molecule has 1 aromatic heterocycles. The van der Waals surface area contributed by atoms with Crippen molar-refractivity contribution in [2.24, 2.45) is 17.6 Å². The smallest absolute Gasteiger partial charge is 0.334 e. The first-order valence-electron chi connectivity index (χ1n) is 16.9. The maximum Gasteiger partial charge on any atom is 0.334 e. The number of aromatic nitrogens is 1. The maximum atomic E-state index is 14.2. The standard InChI is InChI=1S/C37H46N4O6/c38-37(29-14-8-3-9-15-29,36(44)47-25-26-10-4-1-5-11-26)34(43)19-18-32(27-12-6-2-7-13-27)40-35(28-20-22-39-23-21-28)31-17-16-30(41(45)46)24-33(31)42/h1,4-5,10-11,16-17,20-24,27,29,32,35,40,42H,2-3,6-9,12-15,18-19,25,38H2. The number of hydrogen-bond acceptors (Lipinski definition) is 9. The Morgan fingerprint density at radius 1 is 0.979 bits per heavy atom. The second-order valence-electron chi connectivity index (χ2n) is 13.1. The van der Waals surface area contributed by atoms with Gasteiger partial charge in [-0.1, -0.05) is 68.9 Å². The molecule has 2 aromatic carbocycles. The van der Waals surface area contributed by atoms with E-state index in [0.717, 1.165) is 62.5 Å². The number of aromatic hydroxyl groups is 1. The molecule has 0 aliphatic heterocycles. The number of esters is 1. The second kappa shape index (κ2) is 16.1. The fourth-order valence-corrected chi connectivity index (χ4v) is 7.42. The number of Topliss-reactive ketones (excluding diaryl/α,β-unsaturated/α-hetero) is 1. The fraction of sp³-hybridized carbons (Fsp3) is 0.486. The lowest BCUT2D eigenvalue weighted by Crippen LogP contribution is -2.61. The third-order valence-corrected chi connectivity index (χ3v) is 10.1. The number of carbonyl (C=O) groups is 2. The first-order valence-corrected chi connectivity index (χ1v) is 16.9. The summed E-state index contributed by atoms with van der Waals surface area (Å²) < 4.78 is 5.73. The van der Waals surface area contributed by atoms with E-state index < -0.39 is 22.5 Å². The van der Waals surface area contributed by atoms with Gasteiger partial charge in [0.1, 0.15) is 12.4 Å². The van der Waals surface area contributed by atoms with Crippen molar-refractivity contribution in [1.82, 2.24) is 10.3 Å². The minimum absolute atomic E-state index is 0.0528. The van der Waals surface area contributed by atoms with Crippen LogP contribution in [-0.4, -0.2) is 38.3 Å². The Morgan fingerprint density at radius 2 is 1.64 bits per heavy atom. The molecule has 250 valence electrons. The summed E-state index contributed by atoms with van der Waals surface area (Å²) in [6.45, 7) is 0.0528. The van der Waals surface area contributed by atoms with E-state index in [1.165, 1.54) is 12.1 Å². The van der Waals surface area contributed by atoms with Gasteiger partial charge in [-0.15, -0.1) is 0 Å². The van der Waals surface area contributed by atoms with Crippen molar-refractivity contribution in [2.75, 3.05) is 0 Å². The lowest BCUT2D eigenvalue weighted by molar-refractivity contribution is -0.385. The largest absolute Gasteiger partial charge is 0.507 e. The first kappa shape index (κ1) is 34.2. The van der Waals surface area contributed by atoms with E-state index in [4.69, 9.17) is 10.5 Å². The molecule has 1 heterocycles. The van der Waals surface area contributed by atoms with Gasteiger partial charge in [0.15, 0.2) is 11.3 Å². The lowest BCUT2D eigenvalue weighted by Gasteiger charge is -2.38. The molecule has 0 bridgehead atoms. The number of pyridine rings is 1. The molecule has 5 rings (SSSR count). The number of ketones is 1. The van der Waals surface area contributed by atoms with Crippen LogP contribution in [0.15, 0.2) is 73.1 Å². The molecule has 10 nitrogen and oxygen atoms in total. The number of rotatable bonds is 14. The zero-order chi connectivity index (χ0) is 33.2. The molecule has 0 spiro atoms. The highest BCUT2D eigenvalue weighted by molar-refractivity contribution is 6.08. The topological polar surface area (TPSA) is 158 Å². The van der Waals surface area contributed by atoms with Crippen LogP contribution in [0.1, 0.15) is 99.8 Å². The van der Waals surface area contributed by atoms with E-state index in [1.807, 2.05) is 42.5 Å². The van der Waals surface area contributed by atoms with E-state index in [2.05, 4.69) is 10.3 Å². The Labute approximate surface area is 276 Å². The van der Waals surface area contributed by atoms with Gasteiger partial charge in [0.2, 0.25) is 0 Å². The van der Waals surface area contributed by atoms with Crippen molar-refractivity contribution < 1.29 is 24.4 Å². The van der Waals surface area contributed by atoms with Gasteiger partial charge in [-0.2, -0.15) is 0 Å². The summed E-state index contributed by atoms with van der Waals surface area (Å²) in [7, 11) is 0. The van der Waals surface area contributed by atoms with Crippen LogP contribution in [0.3, 0.4) is 0 Å². The third-order valence-electron chi connectivity index (χ3n) is 10.1. The Morgan fingerprint density at radius 3 is 2.28 bits per heavy atom. The normalized spacial score (nSPS) is 18.5. The van der Waals surface area contributed by atoms with Crippen LogP contribution >= 0.6 is 0 Å². The fourth-order valence-electron chi connectivity index (χ4n) is 7.42. The number of hydrogen-bond donors (Lipinski definition) is 3. The number of ether oxygens (including phenoxy) is 1. The van der Waals surface area contributed by atoms with Gasteiger partial charge in [-0.25, -0.2) is 4.79 Å². The molecule has 4 N–H and O–H groups in total. The zero-order valence-corrected chi connectivity index (χ0v) is 26.9. The summed E-state index contributed by atoms with van der Waals surface area (Å²) in [5, 5.41) is 26.1. The number of nitrogens with one attached hydrogen (secondary N) is 1. The molecule has 2 aliphatic carbocycles. The quantitative estimate of drug-likeness (QED) is 0.0754. The maximum absolute atomic E-state index is 14.2. The number of phenols is 1. The molecule has 0 saturated heterocycles. The van der Waals surface area contributed by atoms with Crippen LogP contribution in [0.5, 0.6) is 5.75 Å². The van der Waals surface area contributed by atoms with Crippen molar-refractivity contribution >= 4 is 17.4 Å². The van der Waals surface area contributed by atoms with E-state index in [9.17, 15) is 24.8 Å². The zero-order valence-electron chi connectivity index (χ0n) is 26.9. The molecule has 2 fully saturated rings. The van der Waals surface area contributed by atoms with Gasteiger partial charge in [-0.05, 0) is 73.3 Å². The van der Waals surface area contributed by atoms with Crippen molar-refractivity contribution in [3.05, 3.63) is 99.9 Å². The minimum Gasteiger partial charge on any atom is -0.507 e. The number of nitrogens with zero attached hydrogens (tertiary/aromatic N) is 2. The highest BCUT2D eigenvalue weighted by atomic mass is 16.6. The number of carbonyl (C=O) groups excluding carboxylic acids is 2. The minimum atomic E-state index is -1.73. The van der Waals surface area contributed by atoms with Gasteiger partial charge < -0.3 is 20.9 Å². The van der Waals surface area contributed by atoms with E-state index in [1.54, 1.807) is 18.5 Å². The highest BCUT2D eigenvalue weighted by Gasteiger charge is 2.49. The summed E-state index contributed by atoms with van der Waals surface area (Å²) >= 11 is 0. The van der Waals surface area contributed by atoms with Gasteiger partial charge in [0, 0.05) is 36.5 Å². The number of benzene rings is 2. The number of phenolic OH excluding ortho intramolecular Hbond substituents is 1. The van der Waals surface area contributed by atoms with E-state index in [0.29, 0.717) is 24.8 Å². The molecule has 10 heteroatoms. The van der Waals surface area contributed by atoms with Crippen molar-refractivity contribution in [2.45, 2.75) is 101 Å². The average molecular weight is 643 g/mol. The molecule has 2 aliphatic rings. The molecule has 0 radical (unpaired) electrons. The Balaban J connectivity index is 1.40. The van der Waals surface area contributed by atoms with Crippen molar-refractivity contribution in [3.63, 3.8) is 0 Å². The van der Waals surface area contributed by atoms with Crippen LogP contribution in [0, 0.1) is 22.0 Å². The number of nitro groups is 1. The summed E-state index contributed by atoms with van der Waals surface area (Å²) in [6, 6.07) is 16.5. The van der Waals surface area contributed by atoms with E-state index >= 15 is 0 Å². The summed E-state index contributed by atoms with van der Waals surface area (Å²) in [5.41, 5.74) is 7.12. The van der Waals surface area contributed by atoms with Crippen LogP contribution in [0.2, 0.25) is 0 Å². The van der Waals surface area contributed by atoms with Crippen molar-refractivity contribution in [3.8, 4) is 5.75 Å². The van der Waals surface area contributed by atoms with Crippen LogP contribution in [-0.2, 0) is 20.9 Å². The molecular formula is C37H46N4O6. The first-order chi connectivity index (χ1) is 22.8. The second-order valence-corrected chi connectivity index (χ2v) is 13.1. The molecule has 3 unspecified atom stereocenters. The molecule has 0 amide bonds. The molecule has 47 heavy (non-hydrogen) atoms. The predicted octanol–water partition coefficient (Wildman–Crippen LogP) is 6.69. The Kier molecular flexibility index (Phi) is 11.7. The molecule has 2 saturated carbocycles. The monoisotopic (exact) mass is 642 g/mol. The van der Waals surface area contributed by atoms with Crippen molar-refractivity contribution in [1.29, 1.82) is 0 Å². The van der Waals surface area contributed by atoms with Gasteiger partial charge in [0.05, 0.1) is 17.0 Å². The highest BCUT2D eigenvalue weighted by Crippen LogP contribution is 2.38. The van der Waals surface area contributed by atoms with E-state index in [-0.39, 0.29) is 48.1 Å². The number of non-ortho nitro benzene ring substituents is 1. The SMILES string of the molecule is NC(C(=O)CCC(NC(c1ccncc1)c1ccc([N+](=O)[O-])cc1O)C1CCCCC1)(C(=O)OCc1ccccc1)C1CCCCC1.